The molecular formula is C18H18N2O5. The summed E-state index contributed by atoms with van der Waals surface area (Å²) >= 11 is 0. The molecule has 0 aromatic heterocycles. The van der Waals surface area contributed by atoms with Gasteiger partial charge in [0.2, 0.25) is 0 Å². The first-order valence-electron chi connectivity index (χ1n) is 7.95. The predicted octanol–water partition coefficient (Wildman–Crippen LogP) is 2.96. The van der Waals surface area contributed by atoms with Crippen molar-refractivity contribution in [3.63, 3.8) is 0 Å². The summed E-state index contributed by atoms with van der Waals surface area (Å²) in [5, 5.41) is 11.1. The molecule has 3 rings (SSSR count). The molecule has 0 N–H and O–H groups in total. The van der Waals surface area contributed by atoms with E-state index in [-0.39, 0.29) is 11.3 Å². The summed E-state index contributed by atoms with van der Waals surface area (Å²) in [4.78, 5) is 25.3. The van der Waals surface area contributed by atoms with Gasteiger partial charge in [-0.1, -0.05) is 18.2 Å². The van der Waals surface area contributed by atoms with Crippen LogP contribution in [0.2, 0.25) is 0 Å². The van der Waals surface area contributed by atoms with Crippen molar-refractivity contribution in [2.75, 3.05) is 31.2 Å². The number of esters is 1. The van der Waals surface area contributed by atoms with E-state index in [0.29, 0.717) is 37.7 Å². The van der Waals surface area contributed by atoms with Crippen LogP contribution in [0.25, 0.3) is 0 Å². The van der Waals surface area contributed by atoms with Gasteiger partial charge in [0.05, 0.1) is 29.4 Å². The lowest BCUT2D eigenvalue weighted by Crippen LogP contribution is -2.37. The van der Waals surface area contributed by atoms with Gasteiger partial charge < -0.3 is 14.4 Å². The number of morpholine rings is 1. The molecule has 130 valence electrons. The summed E-state index contributed by atoms with van der Waals surface area (Å²) in [7, 11) is 0. The number of carbonyl (C=O) groups is 1. The number of nitro groups is 1. The molecule has 0 spiro atoms. The van der Waals surface area contributed by atoms with E-state index in [1.165, 1.54) is 12.1 Å². The van der Waals surface area contributed by atoms with Crippen LogP contribution in [0.1, 0.15) is 15.9 Å². The molecule has 1 saturated heterocycles. The third-order valence-electron chi connectivity index (χ3n) is 4.06. The number of hydrogen-bond donors (Lipinski definition) is 0. The first kappa shape index (κ1) is 16.9. The van der Waals surface area contributed by atoms with E-state index >= 15 is 0 Å². The molecule has 1 aliphatic rings. The predicted molar refractivity (Wildman–Crippen MR) is 92.3 cm³/mol. The van der Waals surface area contributed by atoms with Crippen LogP contribution in [0.3, 0.4) is 0 Å². The molecule has 1 heterocycles. The van der Waals surface area contributed by atoms with Crippen LogP contribution in [0.4, 0.5) is 11.4 Å². The lowest BCUT2D eigenvalue weighted by molar-refractivity contribution is -0.384. The summed E-state index contributed by atoms with van der Waals surface area (Å²) in [6.45, 7) is 4.15. The highest BCUT2D eigenvalue weighted by molar-refractivity contribution is 5.98. The maximum atomic E-state index is 12.7. The number of para-hydroxylation sites is 1. The van der Waals surface area contributed by atoms with Gasteiger partial charge in [-0.25, -0.2) is 4.79 Å². The second kappa shape index (κ2) is 7.31. The zero-order valence-electron chi connectivity index (χ0n) is 13.8. The van der Waals surface area contributed by atoms with Gasteiger partial charge in [-0.2, -0.15) is 0 Å². The average Bonchev–Trinajstić information content (AvgIpc) is 2.63. The van der Waals surface area contributed by atoms with Crippen LogP contribution < -0.4 is 9.64 Å². The number of nitrogens with zero attached hydrogens (tertiary/aromatic N) is 2. The number of aryl methyl sites for hydroxylation is 1. The van der Waals surface area contributed by atoms with E-state index in [2.05, 4.69) is 0 Å². The van der Waals surface area contributed by atoms with Crippen molar-refractivity contribution in [2.45, 2.75) is 6.92 Å². The highest BCUT2D eigenvalue weighted by atomic mass is 16.6. The number of rotatable bonds is 4. The van der Waals surface area contributed by atoms with Crippen LogP contribution >= 0.6 is 0 Å². The molecule has 0 radical (unpaired) electrons. The normalized spacial score (nSPS) is 14.2. The Bertz CT molecular complexity index is 800. The molecule has 7 nitrogen and oxygen atoms in total. The molecular weight excluding hydrogens is 324 g/mol. The molecule has 1 fully saturated rings. The molecule has 1 aliphatic heterocycles. The van der Waals surface area contributed by atoms with Crippen molar-refractivity contribution < 1.29 is 19.2 Å². The third kappa shape index (κ3) is 3.77. The lowest BCUT2D eigenvalue weighted by atomic mass is 10.1. The van der Waals surface area contributed by atoms with E-state index < -0.39 is 10.9 Å². The highest BCUT2D eigenvalue weighted by Gasteiger charge is 2.23. The van der Waals surface area contributed by atoms with Gasteiger partial charge in [-0.15, -0.1) is 0 Å². The van der Waals surface area contributed by atoms with Gasteiger partial charge >= 0.3 is 5.97 Å². The quantitative estimate of drug-likeness (QED) is 0.368. The zero-order chi connectivity index (χ0) is 17.8. The molecule has 25 heavy (non-hydrogen) atoms. The van der Waals surface area contributed by atoms with Gasteiger partial charge in [-0.05, 0) is 24.6 Å². The van der Waals surface area contributed by atoms with Crippen molar-refractivity contribution in [1.29, 1.82) is 0 Å². The number of ether oxygens (including phenoxy) is 2. The Morgan fingerprint density at radius 3 is 2.60 bits per heavy atom. The van der Waals surface area contributed by atoms with E-state index in [4.69, 9.17) is 9.47 Å². The SMILES string of the molecule is Cc1ccccc1OC(=O)c1cc([N+](=O)[O-])ccc1N1CCOCC1. The summed E-state index contributed by atoms with van der Waals surface area (Å²) in [6.07, 6.45) is 0. The monoisotopic (exact) mass is 342 g/mol. The molecule has 0 saturated carbocycles. The smallest absolute Gasteiger partial charge is 0.345 e. The van der Waals surface area contributed by atoms with Crippen molar-refractivity contribution >= 4 is 17.3 Å². The lowest BCUT2D eigenvalue weighted by Gasteiger charge is -2.30. The second-order valence-corrected chi connectivity index (χ2v) is 5.71. The van der Waals surface area contributed by atoms with Gasteiger partial charge in [0.1, 0.15) is 5.75 Å². The fourth-order valence-corrected chi connectivity index (χ4v) is 2.71. The molecule has 2 aromatic rings. The van der Waals surface area contributed by atoms with Crippen LogP contribution in [0, 0.1) is 17.0 Å². The Morgan fingerprint density at radius 1 is 1.20 bits per heavy atom. The Morgan fingerprint density at radius 2 is 1.92 bits per heavy atom. The van der Waals surface area contributed by atoms with E-state index in [1.807, 2.05) is 24.0 Å². The fraction of sp³-hybridized carbons (Fsp3) is 0.278. The van der Waals surface area contributed by atoms with Crippen molar-refractivity contribution in [1.82, 2.24) is 0 Å². The van der Waals surface area contributed by atoms with Crippen LogP contribution in [-0.4, -0.2) is 37.2 Å². The largest absolute Gasteiger partial charge is 0.423 e. The van der Waals surface area contributed by atoms with E-state index in [0.717, 1.165) is 5.56 Å². The van der Waals surface area contributed by atoms with Gasteiger partial charge in [0.15, 0.2) is 0 Å². The van der Waals surface area contributed by atoms with E-state index in [9.17, 15) is 14.9 Å². The first-order valence-corrected chi connectivity index (χ1v) is 7.95. The summed E-state index contributed by atoms with van der Waals surface area (Å²) in [5.41, 5.74) is 1.47. The van der Waals surface area contributed by atoms with Gasteiger partial charge in [0, 0.05) is 25.2 Å². The summed E-state index contributed by atoms with van der Waals surface area (Å²) in [5.74, 6) is -0.175. The summed E-state index contributed by atoms with van der Waals surface area (Å²) < 4.78 is 10.8. The van der Waals surface area contributed by atoms with E-state index in [1.54, 1.807) is 18.2 Å². The maximum absolute atomic E-state index is 12.7. The minimum Gasteiger partial charge on any atom is -0.423 e. The van der Waals surface area contributed by atoms with Gasteiger partial charge in [-0.3, -0.25) is 10.1 Å². The molecule has 0 atom stereocenters. The Hall–Kier alpha value is -2.93. The number of nitro benzene ring substituents is 1. The Labute approximate surface area is 144 Å². The molecule has 7 heteroatoms. The standard InChI is InChI=1S/C18H18N2O5/c1-13-4-2-3-5-17(13)25-18(21)15-12-14(20(22)23)6-7-16(15)19-8-10-24-11-9-19/h2-7,12H,8-11H2,1H3. The molecule has 0 aliphatic carbocycles. The Balaban J connectivity index is 1.96. The molecule has 0 bridgehead atoms. The molecule has 0 unspecified atom stereocenters. The Kier molecular flexibility index (Phi) is 4.95. The van der Waals surface area contributed by atoms with Gasteiger partial charge in [0.25, 0.3) is 5.69 Å². The molecule has 2 aromatic carbocycles. The average molecular weight is 342 g/mol. The first-order chi connectivity index (χ1) is 12.1. The van der Waals surface area contributed by atoms with Crippen molar-refractivity contribution in [2.24, 2.45) is 0 Å². The van der Waals surface area contributed by atoms with Crippen LogP contribution in [-0.2, 0) is 4.74 Å². The van der Waals surface area contributed by atoms with Crippen molar-refractivity contribution in [3.05, 3.63) is 63.7 Å². The molecule has 0 amide bonds. The zero-order valence-corrected chi connectivity index (χ0v) is 13.8. The number of anilines is 1. The van der Waals surface area contributed by atoms with Crippen molar-refractivity contribution in [3.8, 4) is 5.75 Å². The number of carbonyl (C=O) groups excluding carboxylic acids is 1. The maximum Gasteiger partial charge on any atom is 0.345 e. The second-order valence-electron chi connectivity index (χ2n) is 5.71. The summed E-state index contributed by atoms with van der Waals surface area (Å²) in [6, 6.07) is 11.4. The third-order valence-corrected chi connectivity index (χ3v) is 4.06. The number of hydrogen-bond acceptors (Lipinski definition) is 6. The number of non-ortho nitro benzene ring substituents is 1. The van der Waals surface area contributed by atoms with Crippen LogP contribution in [0.15, 0.2) is 42.5 Å². The fourth-order valence-electron chi connectivity index (χ4n) is 2.71. The minimum atomic E-state index is -0.612. The van der Waals surface area contributed by atoms with Crippen LogP contribution in [0.5, 0.6) is 5.75 Å². The highest BCUT2D eigenvalue weighted by Crippen LogP contribution is 2.28. The topological polar surface area (TPSA) is 81.9 Å². The minimum absolute atomic E-state index is 0.145. The number of benzene rings is 2.